The summed E-state index contributed by atoms with van der Waals surface area (Å²) in [5.41, 5.74) is 0. The first kappa shape index (κ1) is 17.1. The molecule has 0 saturated carbocycles. The van der Waals surface area contributed by atoms with Crippen molar-refractivity contribution in [3.63, 3.8) is 0 Å². The Bertz CT molecular complexity index is 173. The summed E-state index contributed by atoms with van der Waals surface area (Å²) in [4.78, 5) is 0. The molecular weight excluding hydrogens is 200 g/mol. The van der Waals surface area contributed by atoms with E-state index in [9.17, 15) is 0 Å². The van der Waals surface area contributed by atoms with Crippen LogP contribution in [0, 0.1) is 0 Å². The molecule has 0 saturated heterocycles. The Morgan fingerprint density at radius 2 is 1.31 bits per heavy atom. The normalized spacial score (nSPS) is 9.88. The summed E-state index contributed by atoms with van der Waals surface area (Å²) < 4.78 is 9.85. The van der Waals surface area contributed by atoms with Crippen LogP contribution in [0.2, 0.25) is 0 Å². The second-order valence-electron chi connectivity index (χ2n) is 2.81. The summed E-state index contributed by atoms with van der Waals surface area (Å²) >= 11 is 0. The van der Waals surface area contributed by atoms with Gasteiger partial charge in [0.25, 0.3) is 0 Å². The molecule has 0 unspecified atom stereocenters. The fraction of sp³-hybridized carbons (Fsp3) is 0.429. The molecule has 0 aliphatic heterocycles. The van der Waals surface area contributed by atoms with Crippen molar-refractivity contribution in [3.05, 3.63) is 50.0 Å². The topological polar surface area (TPSA) is 18.5 Å². The molecule has 0 bridgehead atoms. The molecule has 0 aromatic heterocycles. The van der Waals surface area contributed by atoms with E-state index in [1.165, 1.54) is 0 Å². The average Bonchev–Trinajstić information content (AvgIpc) is 2.31. The van der Waals surface area contributed by atoms with Gasteiger partial charge < -0.3 is 9.47 Å². The van der Waals surface area contributed by atoms with Crippen LogP contribution in [0.5, 0.6) is 0 Å². The van der Waals surface area contributed by atoms with Gasteiger partial charge in [-0.1, -0.05) is 26.0 Å². The summed E-state index contributed by atoms with van der Waals surface area (Å²) in [6, 6.07) is 0. The maximum Gasteiger partial charge on any atom is 0.0861 e. The Kier molecular flexibility index (Phi) is 20.7. The van der Waals surface area contributed by atoms with E-state index in [-0.39, 0.29) is 0 Å². The molecular formula is C14H24O2. The first-order valence-electron chi connectivity index (χ1n) is 5.58. The van der Waals surface area contributed by atoms with Crippen LogP contribution in [0.25, 0.3) is 0 Å². The van der Waals surface area contributed by atoms with Gasteiger partial charge in [-0.3, -0.25) is 0 Å². The van der Waals surface area contributed by atoms with Gasteiger partial charge in [-0.15, -0.1) is 13.2 Å². The lowest BCUT2D eigenvalue weighted by Crippen LogP contribution is -1.87. The zero-order chi connectivity index (χ0) is 12.5. The molecule has 0 radical (unpaired) electrons. The van der Waals surface area contributed by atoms with Crippen molar-refractivity contribution in [2.75, 3.05) is 13.2 Å². The largest absolute Gasteiger partial charge is 0.473 e. The lowest BCUT2D eigenvalue weighted by atomic mass is 10.5. The third-order valence-electron chi connectivity index (χ3n) is 1.29. The van der Waals surface area contributed by atoms with E-state index in [0.717, 1.165) is 12.8 Å². The van der Waals surface area contributed by atoms with Gasteiger partial charge in [0.1, 0.15) is 0 Å². The van der Waals surface area contributed by atoms with Crippen LogP contribution in [0.1, 0.15) is 26.7 Å². The predicted octanol–water partition coefficient (Wildman–Crippen LogP) is 4.23. The van der Waals surface area contributed by atoms with Gasteiger partial charge in [-0.05, 0) is 25.0 Å². The molecule has 0 N–H and O–H groups in total. The van der Waals surface area contributed by atoms with Gasteiger partial charge >= 0.3 is 0 Å². The van der Waals surface area contributed by atoms with Crippen LogP contribution in [0.3, 0.4) is 0 Å². The number of hydrogen-bond acceptors (Lipinski definition) is 2. The highest BCUT2D eigenvalue weighted by Crippen LogP contribution is 1.85. The smallest absolute Gasteiger partial charge is 0.0861 e. The third kappa shape index (κ3) is 23.0. The number of ether oxygens (including phenoxy) is 2. The molecule has 2 heteroatoms. The van der Waals surface area contributed by atoms with Crippen LogP contribution < -0.4 is 0 Å². The van der Waals surface area contributed by atoms with E-state index in [4.69, 9.17) is 9.47 Å². The molecule has 0 aliphatic carbocycles. The third-order valence-corrected chi connectivity index (χ3v) is 1.29. The van der Waals surface area contributed by atoms with Gasteiger partial charge in [0.2, 0.25) is 0 Å². The molecule has 0 aromatic rings. The lowest BCUT2D eigenvalue weighted by molar-refractivity contribution is 0.194. The van der Waals surface area contributed by atoms with Gasteiger partial charge in [0.15, 0.2) is 0 Å². The van der Waals surface area contributed by atoms with E-state index in [0.29, 0.717) is 13.2 Å². The summed E-state index contributed by atoms with van der Waals surface area (Å²) in [5.74, 6) is 0. The average molecular weight is 224 g/mol. The molecule has 0 aromatic carbocycles. The van der Waals surface area contributed by atoms with Crippen LogP contribution >= 0.6 is 0 Å². The second kappa shape index (κ2) is 19.3. The number of rotatable bonds is 8. The zero-order valence-electron chi connectivity index (χ0n) is 10.5. The summed E-state index contributed by atoms with van der Waals surface area (Å²) in [7, 11) is 0. The van der Waals surface area contributed by atoms with E-state index >= 15 is 0 Å². The Labute approximate surface area is 100.0 Å². The summed E-state index contributed by atoms with van der Waals surface area (Å²) in [6.07, 6.45) is 12.8. The second-order valence-corrected chi connectivity index (χ2v) is 2.81. The Balaban J connectivity index is 0. The minimum absolute atomic E-state index is 0.617. The molecule has 0 atom stereocenters. The SMILES string of the molecule is C=CCOCC=C.CCC=COC=CCC. The van der Waals surface area contributed by atoms with Gasteiger partial charge in [-0.25, -0.2) is 0 Å². The van der Waals surface area contributed by atoms with Crippen molar-refractivity contribution < 1.29 is 9.47 Å². The molecule has 0 spiro atoms. The first-order chi connectivity index (χ1) is 7.83. The molecule has 16 heavy (non-hydrogen) atoms. The monoisotopic (exact) mass is 224 g/mol. The van der Waals surface area contributed by atoms with Crippen molar-refractivity contribution in [3.8, 4) is 0 Å². The Morgan fingerprint density at radius 3 is 1.62 bits per heavy atom. The van der Waals surface area contributed by atoms with Crippen molar-refractivity contribution in [1.29, 1.82) is 0 Å². The lowest BCUT2D eigenvalue weighted by Gasteiger charge is -1.89. The minimum atomic E-state index is 0.617. The predicted molar refractivity (Wildman–Crippen MR) is 71.2 cm³/mol. The van der Waals surface area contributed by atoms with E-state index < -0.39 is 0 Å². The summed E-state index contributed by atoms with van der Waals surface area (Å²) in [6.45, 7) is 12.3. The molecule has 0 heterocycles. The highest BCUT2D eigenvalue weighted by atomic mass is 16.5. The van der Waals surface area contributed by atoms with Crippen LogP contribution in [0.15, 0.2) is 50.0 Å². The van der Waals surface area contributed by atoms with E-state index in [1.807, 2.05) is 12.2 Å². The highest BCUT2D eigenvalue weighted by Gasteiger charge is 1.70. The van der Waals surface area contributed by atoms with Crippen molar-refractivity contribution >= 4 is 0 Å². The molecule has 0 fully saturated rings. The fourth-order valence-corrected chi connectivity index (χ4v) is 0.584. The zero-order valence-corrected chi connectivity index (χ0v) is 10.5. The van der Waals surface area contributed by atoms with Crippen molar-refractivity contribution in [1.82, 2.24) is 0 Å². The maximum atomic E-state index is 4.95. The quantitative estimate of drug-likeness (QED) is 0.349. The molecule has 0 aliphatic rings. The minimum Gasteiger partial charge on any atom is -0.473 e. The highest BCUT2D eigenvalue weighted by molar-refractivity contribution is 4.77. The number of allylic oxidation sites excluding steroid dienone is 2. The summed E-state index contributed by atoms with van der Waals surface area (Å²) in [5, 5.41) is 0. The molecule has 0 rings (SSSR count). The van der Waals surface area contributed by atoms with Crippen LogP contribution in [0.4, 0.5) is 0 Å². The van der Waals surface area contributed by atoms with Gasteiger partial charge in [0, 0.05) is 0 Å². The molecule has 92 valence electrons. The maximum absolute atomic E-state index is 4.95. The van der Waals surface area contributed by atoms with E-state index in [1.54, 1.807) is 24.7 Å². The van der Waals surface area contributed by atoms with Gasteiger partial charge in [0.05, 0.1) is 25.7 Å². The Hall–Kier alpha value is -1.28. The Morgan fingerprint density at radius 1 is 0.875 bits per heavy atom. The fourth-order valence-electron chi connectivity index (χ4n) is 0.584. The van der Waals surface area contributed by atoms with Crippen molar-refractivity contribution in [2.45, 2.75) is 26.7 Å². The first-order valence-corrected chi connectivity index (χ1v) is 5.58. The van der Waals surface area contributed by atoms with Crippen molar-refractivity contribution in [2.24, 2.45) is 0 Å². The van der Waals surface area contributed by atoms with E-state index in [2.05, 4.69) is 27.0 Å². The van der Waals surface area contributed by atoms with Gasteiger partial charge in [-0.2, -0.15) is 0 Å². The van der Waals surface area contributed by atoms with Crippen LogP contribution in [-0.2, 0) is 9.47 Å². The standard InChI is InChI=1S/C8H14O.C6H10O/c1-3-5-7-9-8-6-4-2;1-3-5-7-6-4-2/h5-8H,3-4H2,1-2H3;3-4H,1-2,5-6H2. The molecule has 0 amide bonds. The van der Waals surface area contributed by atoms with Crippen LogP contribution in [-0.4, -0.2) is 13.2 Å². The molecule has 2 nitrogen and oxygen atoms in total. The number of hydrogen-bond donors (Lipinski definition) is 0.